The van der Waals surface area contributed by atoms with E-state index in [-0.39, 0.29) is 0 Å². The maximum atomic E-state index is 11.8. The molecule has 2 unspecified atom stereocenters. The van der Waals surface area contributed by atoms with Crippen molar-refractivity contribution in [1.29, 1.82) is 0 Å². The molecule has 0 fully saturated rings. The summed E-state index contributed by atoms with van der Waals surface area (Å²) in [5.41, 5.74) is 1.33. The van der Waals surface area contributed by atoms with Gasteiger partial charge in [0.25, 0.3) is 0 Å². The molecule has 110 valence electrons. The summed E-state index contributed by atoms with van der Waals surface area (Å²) in [6.45, 7) is 3.13. The monoisotopic (exact) mass is 282 g/mol. The number of urea groups is 1. The highest BCUT2D eigenvalue weighted by Gasteiger charge is 2.25. The third-order valence-corrected chi connectivity index (χ3v) is 2.64. The Bertz CT molecular complexity index is 502. The Labute approximate surface area is 116 Å². The molecule has 7 nitrogen and oxygen atoms in total. The van der Waals surface area contributed by atoms with E-state index in [1.165, 1.54) is 14.0 Å². The highest BCUT2D eigenvalue weighted by Crippen LogP contribution is 2.24. The van der Waals surface area contributed by atoms with Gasteiger partial charge in [-0.1, -0.05) is 6.07 Å². The van der Waals surface area contributed by atoms with E-state index in [1.54, 1.807) is 12.1 Å². The van der Waals surface area contributed by atoms with Gasteiger partial charge in [0.05, 0.1) is 18.9 Å². The summed E-state index contributed by atoms with van der Waals surface area (Å²) >= 11 is 0. The highest BCUT2D eigenvalue weighted by molar-refractivity contribution is 5.93. The third kappa shape index (κ3) is 4.13. The largest absolute Gasteiger partial charge is 0.495 e. The van der Waals surface area contributed by atoms with E-state index in [4.69, 9.17) is 9.84 Å². The number of hydrogen-bond acceptors (Lipinski definition) is 4. The van der Waals surface area contributed by atoms with Crippen molar-refractivity contribution in [3.05, 3.63) is 23.8 Å². The molecule has 0 aliphatic heterocycles. The molecule has 0 bridgehead atoms. The van der Waals surface area contributed by atoms with Gasteiger partial charge < -0.3 is 25.6 Å². The Morgan fingerprint density at radius 3 is 2.50 bits per heavy atom. The molecule has 20 heavy (non-hydrogen) atoms. The maximum Gasteiger partial charge on any atom is 0.328 e. The number of carboxylic acids is 1. The molecule has 4 N–H and O–H groups in total. The second-order valence-electron chi connectivity index (χ2n) is 4.36. The summed E-state index contributed by atoms with van der Waals surface area (Å²) in [6.07, 6.45) is -1.21. The van der Waals surface area contributed by atoms with Crippen molar-refractivity contribution in [1.82, 2.24) is 5.32 Å². The first kappa shape index (κ1) is 15.8. The molecule has 0 radical (unpaired) electrons. The molecule has 0 spiro atoms. The van der Waals surface area contributed by atoms with Crippen LogP contribution in [0, 0.1) is 6.92 Å². The minimum atomic E-state index is -1.38. The van der Waals surface area contributed by atoms with Crippen LogP contribution in [-0.2, 0) is 4.79 Å². The number of hydrogen-bond donors (Lipinski definition) is 4. The lowest BCUT2D eigenvalue weighted by Gasteiger charge is -2.18. The Kier molecular flexibility index (Phi) is 5.33. The smallest absolute Gasteiger partial charge is 0.328 e. The summed E-state index contributed by atoms with van der Waals surface area (Å²) in [5.74, 6) is -0.860. The fourth-order valence-corrected chi connectivity index (χ4v) is 1.61. The number of nitrogens with one attached hydrogen (secondary N) is 2. The average molecular weight is 282 g/mol. The third-order valence-electron chi connectivity index (χ3n) is 2.64. The van der Waals surface area contributed by atoms with Crippen molar-refractivity contribution in [3.63, 3.8) is 0 Å². The number of carbonyl (C=O) groups is 2. The molecule has 0 aliphatic rings. The van der Waals surface area contributed by atoms with Crippen LogP contribution in [0.25, 0.3) is 0 Å². The number of aliphatic hydroxyl groups excluding tert-OH is 1. The van der Waals surface area contributed by atoms with Crippen LogP contribution in [0.5, 0.6) is 5.75 Å². The van der Waals surface area contributed by atoms with E-state index in [2.05, 4.69) is 10.6 Å². The zero-order valence-electron chi connectivity index (χ0n) is 11.5. The predicted molar refractivity (Wildman–Crippen MR) is 73.0 cm³/mol. The van der Waals surface area contributed by atoms with Gasteiger partial charge in [0, 0.05) is 0 Å². The second kappa shape index (κ2) is 6.76. The first-order valence-electron chi connectivity index (χ1n) is 5.98. The van der Waals surface area contributed by atoms with E-state index in [1.807, 2.05) is 13.0 Å². The summed E-state index contributed by atoms with van der Waals surface area (Å²) in [5, 5.41) is 22.8. The van der Waals surface area contributed by atoms with Crippen LogP contribution in [0.3, 0.4) is 0 Å². The highest BCUT2D eigenvalue weighted by atomic mass is 16.5. The van der Waals surface area contributed by atoms with E-state index >= 15 is 0 Å². The Balaban J connectivity index is 2.80. The zero-order valence-corrected chi connectivity index (χ0v) is 11.5. The van der Waals surface area contributed by atoms with Gasteiger partial charge in [0.15, 0.2) is 6.04 Å². The lowest BCUT2D eigenvalue weighted by atomic mass is 10.2. The first-order valence-corrected chi connectivity index (χ1v) is 5.98. The average Bonchev–Trinajstić information content (AvgIpc) is 2.35. The number of ether oxygens (including phenoxy) is 1. The van der Waals surface area contributed by atoms with Crippen LogP contribution < -0.4 is 15.4 Å². The SMILES string of the molecule is COc1ccc(C)cc1NC(=O)NC(C(=O)O)C(C)O. The number of amides is 2. The Morgan fingerprint density at radius 1 is 1.35 bits per heavy atom. The van der Waals surface area contributed by atoms with Crippen LogP contribution in [0.15, 0.2) is 18.2 Å². The molecule has 1 aromatic carbocycles. The van der Waals surface area contributed by atoms with Crippen LogP contribution >= 0.6 is 0 Å². The van der Waals surface area contributed by atoms with Gasteiger partial charge in [0.1, 0.15) is 5.75 Å². The van der Waals surface area contributed by atoms with E-state index in [0.717, 1.165) is 5.56 Å². The summed E-state index contributed by atoms with van der Waals surface area (Å²) < 4.78 is 5.09. The molecule has 0 heterocycles. The number of methoxy groups -OCH3 is 1. The number of benzene rings is 1. The van der Waals surface area contributed by atoms with Crippen LogP contribution in [0.2, 0.25) is 0 Å². The molecule has 7 heteroatoms. The Morgan fingerprint density at radius 2 is 2.00 bits per heavy atom. The number of anilines is 1. The standard InChI is InChI=1S/C13H18N2O5/c1-7-4-5-10(20-3)9(6-7)14-13(19)15-11(8(2)16)12(17)18/h4-6,8,11,16H,1-3H3,(H,17,18)(H2,14,15,19). The van der Waals surface area contributed by atoms with Crippen molar-refractivity contribution >= 4 is 17.7 Å². The van der Waals surface area contributed by atoms with E-state index in [9.17, 15) is 14.7 Å². The van der Waals surface area contributed by atoms with Crippen molar-refractivity contribution in [2.45, 2.75) is 26.0 Å². The molecule has 0 saturated heterocycles. The topological polar surface area (TPSA) is 108 Å². The summed E-state index contributed by atoms with van der Waals surface area (Å²) in [6, 6.07) is 3.08. The normalized spacial score (nSPS) is 13.2. The van der Waals surface area contributed by atoms with Gasteiger partial charge in [-0.15, -0.1) is 0 Å². The van der Waals surface area contributed by atoms with E-state index < -0.39 is 24.1 Å². The second-order valence-corrected chi connectivity index (χ2v) is 4.36. The first-order chi connectivity index (χ1) is 9.35. The zero-order chi connectivity index (χ0) is 15.3. The quantitative estimate of drug-likeness (QED) is 0.643. The molecular weight excluding hydrogens is 264 g/mol. The molecule has 0 aliphatic carbocycles. The molecule has 0 saturated carbocycles. The van der Waals surface area contributed by atoms with Gasteiger partial charge in [-0.3, -0.25) is 0 Å². The van der Waals surface area contributed by atoms with Crippen LogP contribution in [0.1, 0.15) is 12.5 Å². The summed E-state index contributed by atoms with van der Waals surface area (Å²) in [7, 11) is 1.46. The lowest BCUT2D eigenvalue weighted by molar-refractivity contribution is -0.141. The molecule has 1 aromatic rings. The number of aryl methyl sites for hydroxylation is 1. The molecule has 0 aromatic heterocycles. The fraction of sp³-hybridized carbons (Fsp3) is 0.385. The fourth-order valence-electron chi connectivity index (χ4n) is 1.61. The van der Waals surface area contributed by atoms with Gasteiger partial charge in [-0.05, 0) is 31.5 Å². The van der Waals surface area contributed by atoms with Crippen molar-refractivity contribution in [2.24, 2.45) is 0 Å². The predicted octanol–water partition coefficient (Wildman–Crippen LogP) is 0.959. The number of aliphatic carboxylic acids is 1. The minimum absolute atomic E-state index is 0.416. The van der Waals surface area contributed by atoms with Gasteiger partial charge in [0.2, 0.25) is 0 Å². The van der Waals surface area contributed by atoms with Gasteiger partial charge in [-0.25, -0.2) is 9.59 Å². The molecule has 2 amide bonds. The Hall–Kier alpha value is -2.28. The van der Waals surface area contributed by atoms with Crippen molar-refractivity contribution in [2.75, 3.05) is 12.4 Å². The molecule has 1 rings (SSSR count). The lowest BCUT2D eigenvalue weighted by Crippen LogP contribution is -2.49. The number of carboxylic acid groups (broad SMARTS) is 1. The van der Waals surface area contributed by atoms with Crippen LogP contribution in [0.4, 0.5) is 10.5 Å². The van der Waals surface area contributed by atoms with Gasteiger partial charge >= 0.3 is 12.0 Å². The van der Waals surface area contributed by atoms with Gasteiger partial charge in [-0.2, -0.15) is 0 Å². The number of carbonyl (C=O) groups excluding carboxylic acids is 1. The number of aliphatic hydroxyl groups is 1. The van der Waals surface area contributed by atoms with Crippen LogP contribution in [-0.4, -0.2) is 41.5 Å². The molecule has 2 atom stereocenters. The number of rotatable bonds is 5. The van der Waals surface area contributed by atoms with E-state index in [0.29, 0.717) is 11.4 Å². The maximum absolute atomic E-state index is 11.8. The van der Waals surface area contributed by atoms with Crippen molar-refractivity contribution < 1.29 is 24.5 Å². The summed E-state index contributed by atoms with van der Waals surface area (Å²) in [4.78, 5) is 22.6. The minimum Gasteiger partial charge on any atom is -0.495 e. The van der Waals surface area contributed by atoms with Crippen molar-refractivity contribution in [3.8, 4) is 5.75 Å². The molecular formula is C13H18N2O5.